The largest absolute Gasteiger partial charge is 0.743 e. The third-order valence-corrected chi connectivity index (χ3v) is 9.12. The molecule has 10 heteroatoms. The zero-order valence-electron chi connectivity index (χ0n) is 20.1. The van der Waals surface area contributed by atoms with Gasteiger partial charge in [0.1, 0.15) is 5.60 Å². The first kappa shape index (κ1) is 26.0. The Hall–Kier alpha value is -2.07. The third-order valence-electron chi connectivity index (χ3n) is 8.27. The molecule has 35 heavy (non-hydrogen) atoms. The Morgan fingerprint density at radius 3 is 2.17 bits per heavy atom. The van der Waals surface area contributed by atoms with Gasteiger partial charge in [-0.3, -0.25) is 4.79 Å². The summed E-state index contributed by atoms with van der Waals surface area (Å²) in [5.74, 6) is -1.33. The lowest BCUT2D eigenvalue weighted by Gasteiger charge is -2.59. The number of benzene rings is 1. The Bertz CT molecular complexity index is 1100. The van der Waals surface area contributed by atoms with Crippen LogP contribution in [0.25, 0.3) is 0 Å². The van der Waals surface area contributed by atoms with E-state index in [-0.39, 0.29) is 23.7 Å². The van der Waals surface area contributed by atoms with E-state index >= 15 is 0 Å². The first-order valence-corrected chi connectivity index (χ1v) is 13.4. The molecule has 1 aromatic carbocycles. The Balaban J connectivity index is 1.50. The van der Waals surface area contributed by atoms with Crippen molar-refractivity contribution in [3.8, 4) is 0 Å². The molecule has 5 rings (SSSR count). The summed E-state index contributed by atoms with van der Waals surface area (Å²) in [6, 6.07) is 7.27. The highest BCUT2D eigenvalue weighted by atomic mass is 32.2. The van der Waals surface area contributed by atoms with Crippen molar-refractivity contribution in [2.24, 2.45) is 17.3 Å². The van der Waals surface area contributed by atoms with Crippen molar-refractivity contribution in [1.29, 1.82) is 0 Å². The van der Waals surface area contributed by atoms with E-state index in [9.17, 15) is 31.3 Å². The maximum atomic E-state index is 13.6. The van der Waals surface area contributed by atoms with Gasteiger partial charge in [0.25, 0.3) is 0 Å². The summed E-state index contributed by atoms with van der Waals surface area (Å²) in [6.45, 7) is 4.52. The van der Waals surface area contributed by atoms with E-state index in [2.05, 4.69) is 20.8 Å². The molecule has 7 nitrogen and oxygen atoms in total. The predicted molar refractivity (Wildman–Crippen MR) is 121 cm³/mol. The first-order chi connectivity index (χ1) is 16.1. The standard InChI is InChI=1S/C25H32F2O7S/c1-4-22(2,3)19-7-5-18(6-8-19)20(28)34-24-12-16-9-17(13-24)11-23(10-16,14-24)21(29)33-15-25(26,27)35(30,31)32/h5-8,16-17H,4,9-15H2,1-3H3,(H,30,31,32)/p-1. The van der Waals surface area contributed by atoms with Crippen LogP contribution in [0.1, 0.15) is 81.6 Å². The minimum atomic E-state index is -5.96. The van der Waals surface area contributed by atoms with Gasteiger partial charge in [-0.05, 0) is 73.5 Å². The molecule has 2 atom stereocenters. The topological polar surface area (TPSA) is 110 Å². The number of ether oxygens (including phenoxy) is 2. The second-order valence-electron chi connectivity index (χ2n) is 11.3. The zero-order chi connectivity index (χ0) is 25.9. The maximum Gasteiger partial charge on any atom is 0.367 e. The van der Waals surface area contributed by atoms with Crippen LogP contribution in [-0.2, 0) is 29.8 Å². The van der Waals surface area contributed by atoms with Gasteiger partial charge < -0.3 is 14.0 Å². The van der Waals surface area contributed by atoms with Gasteiger partial charge in [0, 0.05) is 6.42 Å². The second kappa shape index (κ2) is 8.50. The summed E-state index contributed by atoms with van der Waals surface area (Å²) in [5.41, 5.74) is -0.577. The van der Waals surface area contributed by atoms with Crippen molar-refractivity contribution < 1.29 is 40.8 Å². The summed E-state index contributed by atoms with van der Waals surface area (Å²) in [5, 5.41) is -4.70. The molecule has 0 heterocycles. The quantitative estimate of drug-likeness (QED) is 0.370. The van der Waals surface area contributed by atoms with Crippen LogP contribution < -0.4 is 0 Å². The molecule has 4 aliphatic carbocycles. The Labute approximate surface area is 204 Å². The molecule has 0 N–H and O–H groups in total. The van der Waals surface area contributed by atoms with E-state index in [1.54, 1.807) is 12.1 Å². The van der Waals surface area contributed by atoms with Gasteiger partial charge >= 0.3 is 17.2 Å². The highest BCUT2D eigenvalue weighted by Gasteiger charge is 2.63. The molecule has 0 amide bonds. The highest BCUT2D eigenvalue weighted by molar-refractivity contribution is 7.86. The Morgan fingerprint density at radius 2 is 1.66 bits per heavy atom. The average Bonchev–Trinajstić information content (AvgIpc) is 2.75. The van der Waals surface area contributed by atoms with Crippen LogP contribution >= 0.6 is 0 Å². The summed E-state index contributed by atoms with van der Waals surface area (Å²) >= 11 is 0. The van der Waals surface area contributed by atoms with Crippen LogP contribution in [0.2, 0.25) is 0 Å². The molecule has 1 aromatic rings. The molecule has 2 unspecified atom stereocenters. The highest BCUT2D eigenvalue weighted by Crippen LogP contribution is 2.63. The fraction of sp³-hybridized carbons (Fsp3) is 0.680. The molecule has 0 saturated heterocycles. The molecular formula is C25H31F2O7S-. The van der Waals surface area contributed by atoms with Crippen molar-refractivity contribution in [2.75, 3.05) is 6.61 Å². The lowest BCUT2D eigenvalue weighted by atomic mass is 9.48. The van der Waals surface area contributed by atoms with Crippen LogP contribution in [-0.4, -0.2) is 42.4 Å². The maximum absolute atomic E-state index is 13.6. The Morgan fingerprint density at radius 1 is 1.09 bits per heavy atom. The second-order valence-corrected chi connectivity index (χ2v) is 12.8. The van der Waals surface area contributed by atoms with E-state index in [1.807, 2.05) is 12.1 Å². The van der Waals surface area contributed by atoms with Crippen molar-refractivity contribution >= 4 is 22.1 Å². The molecule has 0 radical (unpaired) electrons. The number of halogens is 2. The van der Waals surface area contributed by atoms with Crippen LogP contribution in [0.15, 0.2) is 24.3 Å². The number of carbonyl (C=O) groups is 2. The minimum absolute atomic E-state index is 0.0304. The van der Waals surface area contributed by atoms with Gasteiger partial charge in [-0.15, -0.1) is 0 Å². The molecule has 0 aliphatic heterocycles. The number of esters is 2. The molecule has 4 saturated carbocycles. The van der Waals surface area contributed by atoms with Crippen LogP contribution in [0, 0.1) is 17.3 Å². The third kappa shape index (κ3) is 4.83. The van der Waals surface area contributed by atoms with Crippen molar-refractivity contribution in [3.05, 3.63) is 35.4 Å². The van der Waals surface area contributed by atoms with E-state index in [4.69, 9.17) is 9.47 Å². The fourth-order valence-corrected chi connectivity index (χ4v) is 6.63. The number of hydrogen-bond acceptors (Lipinski definition) is 7. The lowest BCUT2D eigenvalue weighted by Crippen LogP contribution is -2.60. The molecule has 0 spiro atoms. The van der Waals surface area contributed by atoms with Gasteiger partial charge in [0.2, 0.25) is 0 Å². The zero-order valence-corrected chi connectivity index (χ0v) is 21.0. The van der Waals surface area contributed by atoms with E-state index in [1.165, 1.54) is 0 Å². The van der Waals surface area contributed by atoms with Gasteiger partial charge in [-0.2, -0.15) is 8.78 Å². The lowest BCUT2D eigenvalue weighted by molar-refractivity contribution is -0.200. The smallest absolute Gasteiger partial charge is 0.367 e. The van der Waals surface area contributed by atoms with Crippen LogP contribution in [0.3, 0.4) is 0 Å². The summed E-state index contributed by atoms with van der Waals surface area (Å²) in [4.78, 5) is 26.0. The van der Waals surface area contributed by atoms with Crippen LogP contribution in [0.5, 0.6) is 0 Å². The van der Waals surface area contributed by atoms with Crippen molar-refractivity contribution in [1.82, 2.24) is 0 Å². The van der Waals surface area contributed by atoms with Gasteiger partial charge in [0.05, 0.1) is 11.0 Å². The number of hydrogen-bond donors (Lipinski definition) is 0. The molecule has 0 aromatic heterocycles. The SMILES string of the molecule is CCC(C)(C)c1ccc(C(=O)OC23CC4CC(C2)CC(C(=O)OCC(F)(F)S(=O)(=O)[O-])(C4)C3)cc1. The first-order valence-electron chi connectivity index (χ1n) is 11.9. The molecule has 4 bridgehead atoms. The average molecular weight is 514 g/mol. The van der Waals surface area contributed by atoms with E-state index in [0.29, 0.717) is 31.2 Å². The normalized spacial score (nSPS) is 30.2. The monoisotopic (exact) mass is 513 g/mol. The van der Waals surface area contributed by atoms with Crippen molar-refractivity contribution in [2.45, 2.75) is 82.0 Å². The predicted octanol–water partition coefficient (Wildman–Crippen LogP) is 4.55. The van der Waals surface area contributed by atoms with Crippen LogP contribution in [0.4, 0.5) is 8.78 Å². The number of rotatable bonds is 8. The number of carbonyl (C=O) groups excluding carboxylic acids is 2. The number of alkyl halides is 2. The van der Waals surface area contributed by atoms with E-state index < -0.39 is 44.9 Å². The molecular weight excluding hydrogens is 482 g/mol. The summed E-state index contributed by atoms with van der Waals surface area (Å²) in [6.07, 6.45) is 3.88. The molecule has 4 fully saturated rings. The van der Waals surface area contributed by atoms with Gasteiger partial charge in [-0.25, -0.2) is 13.2 Å². The summed E-state index contributed by atoms with van der Waals surface area (Å²) < 4.78 is 70.2. The molecule has 4 aliphatic rings. The van der Waals surface area contributed by atoms with E-state index in [0.717, 1.165) is 18.4 Å². The summed E-state index contributed by atoms with van der Waals surface area (Å²) in [7, 11) is -5.96. The van der Waals surface area contributed by atoms with Gasteiger partial charge in [-0.1, -0.05) is 32.9 Å². The van der Waals surface area contributed by atoms with Gasteiger partial charge in [0.15, 0.2) is 16.7 Å². The fourth-order valence-electron chi connectivity index (χ4n) is 6.43. The Kier molecular flexibility index (Phi) is 6.32. The van der Waals surface area contributed by atoms with Crippen molar-refractivity contribution in [3.63, 3.8) is 0 Å². The molecule has 194 valence electrons. The minimum Gasteiger partial charge on any atom is -0.743 e.